The molecule has 0 spiro atoms. The molecule has 0 atom stereocenters. The van der Waals surface area contributed by atoms with Gasteiger partial charge in [0.1, 0.15) is 0 Å². The molecule has 0 radical (unpaired) electrons. The molecule has 0 bridgehead atoms. The average Bonchev–Trinajstić information content (AvgIpc) is 3.95. The number of hydrogen-bond donors (Lipinski definition) is 0. The second-order valence-corrected chi connectivity index (χ2v) is 14.7. The van der Waals surface area contributed by atoms with Gasteiger partial charge in [0.15, 0.2) is 17.3 Å². The molecule has 12 rings (SSSR count). The summed E-state index contributed by atoms with van der Waals surface area (Å²) in [4.78, 5) is 19.7. The summed E-state index contributed by atoms with van der Waals surface area (Å²) < 4.78 is 6.83. The van der Waals surface area contributed by atoms with E-state index in [1.165, 1.54) is 0 Å². The van der Waals surface area contributed by atoms with E-state index in [9.17, 15) is 0 Å². The highest BCUT2D eigenvalue weighted by atomic mass is 15.2. The Morgan fingerprint density at radius 2 is 0.949 bits per heavy atom. The minimum atomic E-state index is 0.473. The Hall–Kier alpha value is -8.34. The van der Waals surface area contributed by atoms with Gasteiger partial charge in [0.25, 0.3) is 0 Å². The van der Waals surface area contributed by atoms with Crippen molar-refractivity contribution in [2.45, 2.75) is 0 Å². The van der Waals surface area contributed by atoms with Gasteiger partial charge in [-0.3, -0.25) is 4.57 Å². The molecule has 0 unspecified atom stereocenters. The van der Waals surface area contributed by atoms with Crippen molar-refractivity contribution >= 4 is 71.1 Å². The van der Waals surface area contributed by atoms with Gasteiger partial charge >= 0.3 is 0 Å². The second kappa shape index (κ2) is 12.8. The highest BCUT2D eigenvalue weighted by Gasteiger charge is 2.24. The standard InChI is InChI=1S/C52H31N7/c1-53-34-28-30-46(58-42-24-12-10-22-38(42)39-29-31-47-48(49(39)58)40-23-11-15-27-45(40)57(47)35-18-6-3-7-19-35)41(32-34)51-54-50(33-16-4-2-5-17-33)55-52(56-51)59-43-25-13-8-20-36(43)37-21-9-14-26-44(37)59/h2-32H. The summed E-state index contributed by atoms with van der Waals surface area (Å²) in [6, 6.07) is 64.9. The van der Waals surface area contributed by atoms with Crippen LogP contribution in [0.3, 0.4) is 0 Å². The number of rotatable bonds is 5. The van der Waals surface area contributed by atoms with Crippen LogP contribution in [0.5, 0.6) is 0 Å². The SMILES string of the molecule is [C-]#[N+]c1ccc(-n2c3ccccc3c3ccc4c(c5ccccc5n4-c4ccccc4)c32)c(-c2nc(-c3ccccc3)nc(-n3c4ccccc4c4ccccc43)n2)c1. The Balaban J connectivity index is 1.21. The molecule has 0 saturated heterocycles. The normalized spacial score (nSPS) is 11.7. The van der Waals surface area contributed by atoms with Crippen molar-refractivity contribution in [2.75, 3.05) is 0 Å². The molecule has 8 aromatic carbocycles. The van der Waals surface area contributed by atoms with Crippen LogP contribution in [-0.2, 0) is 0 Å². The zero-order chi connectivity index (χ0) is 39.0. The van der Waals surface area contributed by atoms with Gasteiger partial charge in [-0.2, -0.15) is 9.97 Å². The zero-order valence-corrected chi connectivity index (χ0v) is 31.5. The van der Waals surface area contributed by atoms with Gasteiger partial charge in [0.2, 0.25) is 5.95 Å². The molecule has 4 aromatic heterocycles. The number of benzene rings is 8. The van der Waals surface area contributed by atoms with Crippen LogP contribution in [0.4, 0.5) is 5.69 Å². The Morgan fingerprint density at radius 3 is 1.61 bits per heavy atom. The van der Waals surface area contributed by atoms with Gasteiger partial charge in [-0.15, -0.1) is 0 Å². The highest BCUT2D eigenvalue weighted by molar-refractivity contribution is 6.26. The van der Waals surface area contributed by atoms with E-state index in [-0.39, 0.29) is 0 Å². The van der Waals surface area contributed by atoms with Crippen molar-refractivity contribution in [3.63, 3.8) is 0 Å². The minimum Gasteiger partial charge on any atom is -0.309 e. The van der Waals surface area contributed by atoms with E-state index >= 15 is 0 Å². The van der Waals surface area contributed by atoms with Gasteiger partial charge in [-0.25, -0.2) is 9.83 Å². The lowest BCUT2D eigenvalue weighted by atomic mass is 10.1. The Kier molecular flexibility index (Phi) is 7.16. The third kappa shape index (κ3) is 4.90. The van der Waals surface area contributed by atoms with Gasteiger partial charge < -0.3 is 9.13 Å². The number of nitrogens with zero attached hydrogens (tertiary/aromatic N) is 7. The highest BCUT2D eigenvalue weighted by Crippen LogP contribution is 2.44. The fraction of sp³-hybridized carbons (Fsp3) is 0. The van der Waals surface area contributed by atoms with Crippen LogP contribution in [0.2, 0.25) is 0 Å². The van der Waals surface area contributed by atoms with E-state index in [2.05, 4.69) is 152 Å². The summed E-state index contributed by atoms with van der Waals surface area (Å²) >= 11 is 0. The van der Waals surface area contributed by atoms with E-state index in [4.69, 9.17) is 21.5 Å². The van der Waals surface area contributed by atoms with Crippen molar-refractivity contribution in [2.24, 2.45) is 0 Å². The molecule has 7 heteroatoms. The third-order valence-corrected chi connectivity index (χ3v) is 11.5. The molecule has 0 N–H and O–H groups in total. The van der Waals surface area contributed by atoms with Gasteiger partial charge in [0.05, 0.1) is 45.4 Å². The van der Waals surface area contributed by atoms with Crippen LogP contribution < -0.4 is 0 Å². The van der Waals surface area contributed by atoms with Crippen LogP contribution in [0.1, 0.15) is 0 Å². The maximum absolute atomic E-state index is 8.16. The van der Waals surface area contributed by atoms with Crippen LogP contribution in [-0.4, -0.2) is 28.7 Å². The molecule has 0 saturated carbocycles. The first kappa shape index (κ1) is 32.9. The molecule has 7 nitrogen and oxygen atoms in total. The van der Waals surface area contributed by atoms with Crippen molar-refractivity contribution in [1.82, 2.24) is 28.7 Å². The minimum absolute atomic E-state index is 0.473. The Morgan fingerprint density at radius 1 is 0.407 bits per heavy atom. The lowest BCUT2D eigenvalue weighted by Crippen LogP contribution is -2.07. The summed E-state index contributed by atoms with van der Waals surface area (Å²) in [5.74, 6) is 1.52. The van der Waals surface area contributed by atoms with Crippen LogP contribution >= 0.6 is 0 Å². The summed E-state index contributed by atoms with van der Waals surface area (Å²) in [7, 11) is 0. The zero-order valence-electron chi connectivity index (χ0n) is 31.5. The first-order chi connectivity index (χ1) is 29.2. The summed E-state index contributed by atoms with van der Waals surface area (Å²) in [5, 5.41) is 6.80. The van der Waals surface area contributed by atoms with Gasteiger partial charge in [-0.05, 0) is 54.6 Å². The fourth-order valence-corrected chi connectivity index (χ4v) is 9.02. The molecule has 0 fully saturated rings. The van der Waals surface area contributed by atoms with Crippen molar-refractivity contribution in [3.8, 4) is 40.1 Å². The smallest absolute Gasteiger partial charge is 0.238 e. The van der Waals surface area contributed by atoms with Crippen LogP contribution in [0, 0.1) is 6.57 Å². The lowest BCUT2D eigenvalue weighted by molar-refractivity contribution is 0.952. The molecule has 0 aliphatic rings. The predicted octanol–water partition coefficient (Wildman–Crippen LogP) is 13.0. The topological polar surface area (TPSA) is 57.8 Å². The van der Waals surface area contributed by atoms with E-state index in [1.54, 1.807) is 0 Å². The molecular formula is C52H31N7. The quantitative estimate of drug-likeness (QED) is 0.164. The van der Waals surface area contributed by atoms with Gasteiger partial charge in [-0.1, -0.05) is 133 Å². The largest absolute Gasteiger partial charge is 0.309 e. The first-order valence-corrected chi connectivity index (χ1v) is 19.6. The monoisotopic (exact) mass is 753 g/mol. The van der Waals surface area contributed by atoms with Gasteiger partial charge in [0, 0.05) is 49.1 Å². The van der Waals surface area contributed by atoms with E-state index in [0.717, 1.165) is 87.9 Å². The summed E-state index contributed by atoms with van der Waals surface area (Å²) in [6.07, 6.45) is 0. The maximum Gasteiger partial charge on any atom is 0.238 e. The molecule has 0 aliphatic heterocycles. The molecule has 0 amide bonds. The van der Waals surface area contributed by atoms with E-state index in [1.807, 2.05) is 54.6 Å². The Labute approximate surface area is 338 Å². The molecule has 4 heterocycles. The molecule has 12 aromatic rings. The summed E-state index contributed by atoms with van der Waals surface area (Å²) in [5.41, 5.74) is 10.4. The Bertz CT molecular complexity index is 3630. The van der Waals surface area contributed by atoms with E-state index in [0.29, 0.717) is 23.3 Å². The van der Waals surface area contributed by atoms with E-state index < -0.39 is 0 Å². The number of hydrogen-bond acceptors (Lipinski definition) is 3. The predicted molar refractivity (Wildman–Crippen MR) is 240 cm³/mol. The fourth-order valence-electron chi connectivity index (χ4n) is 9.02. The average molecular weight is 754 g/mol. The number of fused-ring (bicyclic) bond motifs is 10. The summed E-state index contributed by atoms with van der Waals surface area (Å²) in [6.45, 7) is 8.16. The van der Waals surface area contributed by atoms with Crippen LogP contribution in [0.25, 0.3) is 110 Å². The van der Waals surface area contributed by atoms with Crippen molar-refractivity contribution in [3.05, 3.63) is 199 Å². The van der Waals surface area contributed by atoms with Crippen molar-refractivity contribution in [1.29, 1.82) is 0 Å². The molecule has 0 aliphatic carbocycles. The lowest BCUT2D eigenvalue weighted by Gasteiger charge is -2.16. The molecule has 274 valence electrons. The molecular weight excluding hydrogens is 723 g/mol. The first-order valence-electron chi connectivity index (χ1n) is 19.6. The molecule has 59 heavy (non-hydrogen) atoms. The van der Waals surface area contributed by atoms with Crippen molar-refractivity contribution < 1.29 is 0 Å². The van der Waals surface area contributed by atoms with Crippen LogP contribution in [0.15, 0.2) is 188 Å². The number of aromatic nitrogens is 6. The second-order valence-electron chi connectivity index (χ2n) is 14.7. The third-order valence-electron chi connectivity index (χ3n) is 11.5. The number of para-hydroxylation sites is 5. The maximum atomic E-state index is 8.16.